The van der Waals surface area contributed by atoms with E-state index in [1.54, 1.807) is 6.92 Å². The second-order valence-corrected chi connectivity index (χ2v) is 5.84. The van der Waals surface area contributed by atoms with Crippen molar-refractivity contribution in [2.45, 2.75) is 57.7 Å². The Hall–Kier alpha value is -1.71. The lowest BCUT2D eigenvalue weighted by atomic mass is 9.97. The van der Waals surface area contributed by atoms with Gasteiger partial charge in [-0.15, -0.1) is 0 Å². The maximum Gasteiger partial charge on any atom is 0.326 e. The number of hydrogen-bond acceptors (Lipinski definition) is 6. The second-order valence-electron chi connectivity index (χ2n) is 5.84. The summed E-state index contributed by atoms with van der Waals surface area (Å²) >= 11 is 0. The van der Waals surface area contributed by atoms with Crippen molar-refractivity contribution in [1.82, 2.24) is 10.6 Å². The molecule has 0 saturated carbocycles. The van der Waals surface area contributed by atoms with Crippen LogP contribution in [-0.2, 0) is 14.4 Å². The molecule has 0 aliphatic heterocycles. The third kappa shape index (κ3) is 7.71. The van der Waals surface area contributed by atoms with E-state index in [0.29, 0.717) is 25.8 Å². The fourth-order valence-electron chi connectivity index (χ4n) is 2.06. The van der Waals surface area contributed by atoms with Crippen molar-refractivity contribution in [3.63, 3.8) is 0 Å². The normalized spacial score (nSPS) is 15.9. The second kappa shape index (κ2) is 11.8. The summed E-state index contributed by atoms with van der Waals surface area (Å²) in [7, 11) is 0. The number of hydrogen-bond donors (Lipinski definition) is 6. The lowest BCUT2D eigenvalue weighted by Gasteiger charge is -2.26. The Bertz CT molecular complexity index is 419. The predicted octanol–water partition coefficient (Wildman–Crippen LogP) is -1.46. The molecular weight excluding hydrogens is 316 g/mol. The van der Waals surface area contributed by atoms with E-state index in [2.05, 4.69) is 10.6 Å². The zero-order valence-electron chi connectivity index (χ0n) is 14.3. The summed E-state index contributed by atoms with van der Waals surface area (Å²) in [6.45, 7) is 3.51. The van der Waals surface area contributed by atoms with Crippen LogP contribution in [0, 0.1) is 5.92 Å². The Morgan fingerprint density at radius 1 is 1.12 bits per heavy atom. The van der Waals surface area contributed by atoms with E-state index in [-0.39, 0.29) is 12.3 Å². The monoisotopic (exact) mass is 346 g/mol. The van der Waals surface area contributed by atoms with Gasteiger partial charge in [0.05, 0.1) is 6.61 Å². The molecule has 0 aromatic heterocycles. The predicted molar refractivity (Wildman–Crippen MR) is 88.9 cm³/mol. The largest absolute Gasteiger partial charge is 0.480 e. The number of carbonyl (C=O) groups excluding carboxylic acids is 2. The number of unbranched alkanes of at least 4 members (excludes halogenated alkanes) is 1. The molecule has 0 heterocycles. The summed E-state index contributed by atoms with van der Waals surface area (Å²) in [6, 6.07) is -3.10. The van der Waals surface area contributed by atoms with Crippen LogP contribution in [0.25, 0.3) is 0 Å². The highest BCUT2D eigenvalue weighted by atomic mass is 16.4. The average molecular weight is 346 g/mol. The number of carbonyl (C=O) groups is 3. The van der Waals surface area contributed by atoms with E-state index in [0.717, 1.165) is 0 Å². The van der Waals surface area contributed by atoms with Gasteiger partial charge < -0.3 is 32.3 Å². The smallest absolute Gasteiger partial charge is 0.326 e. The molecular formula is C15H30N4O5. The molecule has 0 aliphatic rings. The Balaban J connectivity index is 4.95. The summed E-state index contributed by atoms with van der Waals surface area (Å²) < 4.78 is 0. The van der Waals surface area contributed by atoms with Crippen molar-refractivity contribution in [3.05, 3.63) is 0 Å². The number of aliphatic hydroxyl groups is 1. The number of nitrogens with two attached hydrogens (primary N) is 2. The van der Waals surface area contributed by atoms with E-state index in [4.69, 9.17) is 16.6 Å². The molecule has 0 aromatic carbocycles. The van der Waals surface area contributed by atoms with Crippen LogP contribution < -0.4 is 22.1 Å². The molecule has 0 aromatic rings. The first-order valence-corrected chi connectivity index (χ1v) is 8.18. The molecule has 0 aliphatic carbocycles. The number of rotatable bonds is 12. The highest BCUT2D eigenvalue weighted by molar-refractivity contribution is 5.91. The lowest BCUT2D eigenvalue weighted by Crippen LogP contribution is -2.57. The van der Waals surface area contributed by atoms with Gasteiger partial charge in [-0.3, -0.25) is 9.59 Å². The summed E-state index contributed by atoms with van der Waals surface area (Å²) in [5.74, 6) is -2.60. The number of aliphatic hydroxyl groups excluding tert-OH is 1. The molecule has 4 unspecified atom stereocenters. The minimum absolute atomic E-state index is 0.224. The van der Waals surface area contributed by atoms with Crippen molar-refractivity contribution in [1.29, 1.82) is 0 Å². The van der Waals surface area contributed by atoms with Crippen molar-refractivity contribution >= 4 is 17.8 Å². The van der Waals surface area contributed by atoms with Crippen LogP contribution in [-0.4, -0.2) is 59.3 Å². The molecule has 9 nitrogen and oxygen atoms in total. The zero-order valence-corrected chi connectivity index (χ0v) is 14.3. The van der Waals surface area contributed by atoms with Gasteiger partial charge in [-0.2, -0.15) is 0 Å². The van der Waals surface area contributed by atoms with Crippen LogP contribution in [0.5, 0.6) is 0 Å². The third-order valence-corrected chi connectivity index (χ3v) is 3.89. The molecule has 0 rings (SSSR count). The van der Waals surface area contributed by atoms with Crippen LogP contribution in [0.2, 0.25) is 0 Å². The van der Waals surface area contributed by atoms with Crippen LogP contribution in [0.3, 0.4) is 0 Å². The van der Waals surface area contributed by atoms with Gasteiger partial charge in [0.15, 0.2) is 0 Å². The maximum atomic E-state index is 12.4. The van der Waals surface area contributed by atoms with Gasteiger partial charge in [-0.25, -0.2) is 4.79 Å². The third-order valence-electron chi connectivity index (χ3n) is 3.89. The Kier molecular flexibility index (Phi) is 10.9. The molecule has 8 N–H and O–H groups in total. The number of amides is 2. The van der Waals surface area contributed by atoms with Crippen LogP contribution >= 0.6 is 0 Å². The molecule has 140 valence electrons. The first-order chi connectivity index (χ1) is 11.3. The highest BCUT2D eigenvalue weighted by Crippen LogP contribution is 2.10. The molecule has 0 bridgehead atoms. The first-order valence-electron chi connectivity index (χ1n) is 8.18. The van der Waals surface area contributed by atoms with Crippen LogP contribution in [0.15, 0.2) is 0 Å². The fourth-order valence-corrected chi connectivity index (χ4v) is 2.06. The standard InChI is InChI=1S/C15H30N4O5/c1-3-9(2)12(19-13(21)10(17)8-20)14(22)18-11(15(23)24)6-4-5-7-16/h9-12,20H,3-8,16-17H2,1-2H3,(H,18,22)(H,19,21)(H,23,24). The van der Waals surface area contributed by atoms with Gasteiger partial charge in [-0.05, 0) is 31.7 Å². The van der Waals surface area contributed by atoms with E-state index in [1.165, 1.54) is 0 Å². The molecule has 9 heteroatoms. The fraction of sp³-hybridized carbons (Fsp3) is 0.800. The molecule has 24 heavy (non-hydrogen) atoms. The van der Waals surface area contributed by atoms with Crippen molar-refractivity contribution in [2.75, 3.05) is 13.2 Å². The molecule has 2 amide bonds. The molecule has 0 saturated heterocycles. The van der Waals surface area contributed by atoms with E-state index < -0.39 is 42.5 Å². The Labute approximate surface area is 142 Å². The number of carboxylic acids is 1. The van der Waals surface area contributed by atoms with Gasteiger partial charge in [0.1, 0.15) is 18.1 Å². The summed E-state index contributed by atoms with van der Waals surface area (Å²) in [6.07, 6.45) is 2.09. The van der Waals surface area contributed by atoms with E-state index >= 15 is 0 Å². The van der Waals surface area contributed by atoms with Crippen molar-refractivity contribution < 1.29 is 24.6 Å². The molecule has 4 atom stereocenters. The number of aliphatic carboxylic acids is 1. The van der Waals surface area contributed by atoms with Gasteiger partial charge in [0.2, 0.25) is 11.8 Å². The van der Waals surface area contributed by atoms with E-state index in [9.17, 15) is 19.5 Å². The summed E-state index contributed by atoms with van der Waals surface area (Å²) in [4.78, 5) is 35.5. The van der Waals surface area contributed by atoms with Crippen molar-refractivity contribution in [3.8, 4) is 0 Å². The quantitative estimate of drug-likeness (QED) is 0.235. The van der Waals surface area contributed by atoms with Gasteiger partial charge in [-0.1, -0.05) is 20.3 Å². The zero-order chi connectivity index (χ0) is 18.7. The van der Waals surface area contributed by atoms with Crippen LogP contribution in [0.4, 0.5) is 0 Å². The topological polar surface area (TPSA) is 168 Å². The Morgan fingerprint density at radius 2 is 1.75 bits per heavy atom. The molecule has 0 fully saturated rings. The Morgan fingerprint density at radius 3 is 2.21 bits per heavy atom. The SMILES string of the molecule is CCC(C)C(NC(=O)C(N)CO)C(=O)NC(CCCCN)C(=O)O. The van der Waals surface area contributed by atoms with Crippen LogP contribution in [0.1, 0.15) is 39.5 Å². The first kappa shape index (κ1) is 22.3. The summed E-state index contributed by atoms with van der Waals surface area (Å²) in [5, 5.41) is 23.1. The summed E-state index contributed by atoms with van der Waals surface area (Å²) in [5.41, 5.74) is 10.8. The highest BCUT2D eigenvalue weighted by Gasteiger charge is 2.30. The molecule has 0 radical (unpaired) electrons. The minimum Gasteiger partial charge on any atom is -0.480 e. The number of nitrogens with one attached hydrogen (secondary N) is 2. The van der Waals surface area contributed by atoms with Gasteiger partial charge in [0, 0.05) is 0 Å². The van der Waals surface area contributed by atoms with Gasteiger partial charge in [0.25, 0.3) is 0 Å². The lowest BCUT2D eigenvalue weighted by molar-refractivity contribution is -0.142. The van der Waals surface area contributed by atoms with Crippen molar-refractivity contribution in [2.24, 2.45) is 17.4 Å². The van der Waals surface area contributed by atoms with E-state index in [1.807, 2.05) is 6.92 Å². The maximum absolute atomic E-state index is 12.4. The average Bonchev–Trinajstić information content (AvgIpc) is 2.56. The number of carboxylic acid groups (broad SMARTS) is 1. The molecule has 0 spiro atoms. The van der Waals surface area contributed by atoms with Gasteiger partial charge >= 0.3 is 5.97 Å². The minimum atomic E-state index is -1.14.